The molecule has 3 aromatic rings. The van der Waals surface area contributed by atoms with E-state index in [4.69, 9.17) is 16.7 Å². The van der Waals surface area contributed by atoms with Crippen molar-refractivity contribution < 1.29 is 14.3 Å². The van der Waals surface area contributed by atoms with Gasteiger partial charge in [-0.05, 0) is 35.9 Å². The van der Waals surface area contributed by atoms with Crippen LogP contribution in [0.25, 0.3) is 22.0 Å². The highest BCUT2D eigenvalue weighted by atomic mass is 35.5. The summed E-state index contributed by atoms with van der Waals surface area (Å²) < 4.78 is 13.6. The molecule has 0 spiro atoms. The van der Waals surface area contributed by atoms with Crippen molar-refractivity contribution in [2.75, 3.05) is 0 Å². The summed E-state index contributed by atoms with van der Waals surface area (Å²) in [4.78, 5) is 15.3. The fraction of sp³-hybridized carbons (Fsp3) is 0. The van der Waals surface area contributed by atoms with Crippen LogP contribution in [0.5, 0.6) is 0 Å². The van der Waals surface area contributed by atoms with Crippen molar-refractivity contribution in [1.82, 2.24) is 4.98 Å². The lowest BCUT2D eigenvalue weighted by molar-refractivity contribution is 0.0697. The number of aromatic nitrogens is 1. The molecule has 2 aromatic carbocycles. The third-order valence-corrected chi connectivity index (χ3v) is 3.61. The van der Waals surface area contributed by atoms with Crippen LogP contribution in [0.15, 0.2) is 48.7 Å². The lowest BCUT2D eigenvalue weighted by Gasteiger charge is -2.09. The maximum absolute atomic E-state index is 13.6. The molecule has 21 heavy (non-hydrogen) atoms. The van der Waals surface area contributed by atoms with Gasteiger partial charge in [0, 0.05) is 17.1 Å². The van der Waals surface area contributed by atoms with E-state index in [1.807, 2.05) is 0 Å². The van der Waals surface area contributed by atoms with Crippen LogP contribution in [0.4, 0.5) is 4.39 Å². The van der Waals surface area contributed by atoms with Crippen LogP contribution in [0.1, 0.15) is 10.4 Å². The number of rotatable bonds is 2. The first-order valence-electron chi connectivity index (χ1n) is 6.14. The monoisotopic (exact) mass is 301 g/mol. The van der Waals surface area contributed by atoms with Crippen LogP contribution < -0.4 is 0 Å². The van der Waals surface area contributed by atoms with E-state index in [-0.39, 0.29) is 10.6 Å². The first-order valence-corrected chi connectivity index (χ1v) is 6.52. The van der Waals surface area contributed by atoms with Crippen molar-refractivity contribution >= 4 is 28.5 Å². The van der Waals surface area contributed by atoms with Gasteiger partial charge < -0.3 is 5.11 Å². The van der Waals surface area contributed by atoms with E-state index in [1.165, 1.54) is 18.2 Å². The average molecular weight is 302 g/mol. The second-order valence-corrected chi connectivity index (χ2v) is 4.87. The Bertz CT molecular complexity index is 864. The fourth-order valence-corrected chi connectivity index (χ4v) is 2.45. The van der Waals surface area contributed by atoms with Crippen molar-refractivity contribution in [2.24, 2.45) is 0 Å². The molecule has 104 valence electrons. The maximum atomic E-state index is 13.6. The van der Waals surface area contributed by atoms with Crippen LogP contribution in [0.3, 0.4) is 0 Å². The summed E-state index contributed by atoms with van der Waals surface area (Å²) in [5, 5.41) is 9.72. The number of carboxylic acids is 1. The molecule has 0 saturated carbocycles. The summed E-state index contributed by atoms with van der Waals surface area (Å²) in [5.41, 5.74) is 1.92. The van der Waals surface area contributed by atoms with E-state index in [1.54, 1.807) is 30.5 Å². The van der Waals surface area contributed by atoms with Gasteiger partial charge in [0.05, 0.1) is 16.1 Å². The van der Waals surface area contributed by atoms with E-state index >= 15 is 0 Å². The zero-order valence-corrected chi connectivity index (χ0v) is 11.4. The Hall–Kier alpha value is -2.46. The molecule has 0 amide bonds. The van der Waals surface area contributed by atoms with Gasteiger partial charge in [-0.1, -0.05) is 23.7 Å². The molecule has 0 aliphatic heterocycles. The third-order valence-electron chi connectivity index (χ3n) is 3.23. The van der Waals surface area contributed by atoms with Gasteiger partial charge in [-0.3, -0.25) is 4.98 Å². The van der Waals surface area contributed by atoms with Crippen molar-refractivity contribution in [3.05, 3.63) is 65.1 Å². The molecule has 0 radical (unpaired) electrons. The van der Waals surface area contributed by atoms with E-state index in [9.17, 15) is 9.18 Å². The number of benzene rings is 2. The van der Waals surface area contributed by atoms with Crippen LogP contribution in [-0.4, -0.2) is 16.1 Å². The van der Waals surface area contributed by atoms with Gasteiger partial charge in [0.1, 0.15) is 5.82 Å². The van der Waals surface area contributed by atoms with Crippen LogP contribution in [-0.2, 0) is 0 Å². The maximum Gasteiger partial charge on any atom is 0.335 e. The number of halogens is 2. The molecule has 0 atom stereocenters. The zero-order chi connectivity index (χ0) is 15.0. The lowest BCUT2D eigenvalue weighted by atomic mass is 9.99. The molecule has 0 aliphatic rings. The number of pyridine rings is 1. The molecule has 0 fully saturated rings. The number of carbonyl (C=O) groups is 1. The van der Waals surface area contributed by atoms with Crippen molar-refractivity contribution in [1.29, 1.82) is 0 Å². The Labute approximate surface area is 124 Å². The molecule has 0 aliphatic carbocycles. The molecule has 3 nitrogen and oxygen atoms in total. The van der Waals surface area contributed by atoms with Crippen molar-refractivity contribution in [3.8, 4) is 11.1 Å². The first kappa shape index (κ1) is 13.5. The Morgan fingerprint density at radius 1 is 1.14 bits per heavy atom. The van der Waals surface area contributed by atoms with Gasteiger partial charge in [0.2, 0.25) is 0 Å². The largest absolute Gasteiger partial charge is 0.478 e. The van der Waals surface area contributed by atoms with E-state index in [0.29, 0.717) is 22.0 Å². The minimum absolute atomic E-state index is 0.00530. The average Bonchev–Trinajstić information content (AvgIpc) is 2.49. The second-order valence-electron chi connectivity index (χ2n) is 4.50. The number of carboxylic acid groups (broad SMARTS) is 1. The molecular weight excluding hydrogens is 293 g/mol. The van der Waals surface area contributed by atoms with Crippen LogP contribution >= 0.6 is 11.6 Å². The third kappa shape index (κ3) is 2.34. The van der Waals surface area contributed by atoms with E-state index < -0.39 is 11.8 Å². The van der Waals surface area contributed by atoms with Crippen LogP contribution in [0.2, 0.25) is 5.02 Å². The smallest absolute Gasteiger partial charge is 0.335 e. The van der Waals surface area contributed by atoms with Crippen molar-refractivity contribution in [2.45, 2.75) is 0 Å². The molecule has 0 unspecified atom stereocenters. The number of hydrogen-bond acceptors (Lipinski definition) is 2. The summed E-state index contributed by atoms with van der Waals surface area (Å²) in [5.74, 6) is -1.55. The highest BCUT2D eigenvalue weighted by Crippen LogP contribution is 2.34. The van der Waals surface area contributed by atoms with Gasteiger partial charge in [-0.25, -0.2) is 9.18 Å². The van der Waals surface area contributed by atoms with Gasteiger partial charge in [-0.15, -0.1) is 0 Å². The summed E-state index contributed by atoms with van der Waals surface area (Å²) in [6, 6.07) is 10.8. The predicted molar refractivity (Wildman–Crippen MR) is 79.1 cm³/mol. The summed E-state index contributed by atoms with van der Waals surface area (Å²) in [7, 11) is 0. The Morgan fingerprint density at radius 2 is 1.95 bits per heavy atom. The molecule has 1 aromatic heterocycles. The summed E-state index contributed by atoms with van der Waals surface area (Å²) >= 11 is 6.02. The molecule has 0 bridgehead atoms. The highest BCUT2D eigenvalue weighted by molar-refractivity contribution is 6.33. The SMILES string of the molecule is O=C(O)c1ccc2nccc(-c3cccc(F)c3Cl)c2c1. The van der Waals surface area contributed by atoms with Crippen LogP contribution in [0, 0.1) is 5.82 Å². The predicted octanol–water partition coefficient (Wildman–Crippen LogP) is 4.39. The standard InChI is InChI=1S/C16H9ClFNO2/c17-15-11(2-1-3-13(15)18)10-6-7-19-14-5-4-9(16(20)21)8-12(10)14/h1-8H,(H,20,21). The number of fused-ring (bicyclic) bond motifs is 1. The van der Waals surface area contributed by atoms with Gasteiger partial charge in [-0.2, -0.15) is 0 Å². The molecule has 1 N–H and O–H groups in total. The minimum Gasteiger partial charge on any atom is -0.478 e. The quantitative estimate of drug-likeness (QED) is 0.763. The Kier molecular flexibility index (Phi) is 3.31. The number of hydrogen-bond donors (Lipinski definition) is 1. The Balaban J connectivity index is 2.34. The summed E-state index contributed by atoms with van der Waals surface area (Å²) in [6.45, 7) is 0. The lowest BCUT2D eigenvalue weighted by Crippen LogP contribution is -1.96. The molecular formula is C16H9ClFNO2. The number of nitrogens with zero attached hydrogens (tertiary/aromatic N) is 1. The molecule has 3 rings (SSSR count). The second kappa shape index (κ2) is 5.14. The highest BCUT2D eigenvalue weighted by Gasteiger charge is 2.13. The molecule has 5 heteroatoms. The molecule has 1 heterocycles. The van der Waals surface area contributed by atoms with E-state index in [0.717, 1.165) is 0 Å². The normalized spacial score (nSPS) is 10.8. The van der Waals surface area contributed by atoms with Gasteiger partial charge >= 0.3 is 5.97 Å². The zero-order valence-electron chi connectivity index (χ0n) is 10.7. The fourth-order valence-electron chi connectivity index (χ4n) is 2.23. The van der Waals surface area contributed by atoms with Gasteiger partial charge in [0.25, 0.3) is 0 Å². The van der Waals surface area contributed by atoms with Gasteiger partial charge in [0.15, 0.2) is 0 Å². The Morgan fingerprint density at radius 3 is 2.71 bits per heavy atom. The van der Waals surface area contributed by atoms with Crippen molar-refractivity contribution in [3.63, 3.8) is 0 Å². The van der Waals surface area contributed by atoms with E-state index in [2.05, 4.69) is 4.98 Å². The minimum atomic E-state index is -1.03. The number of aromatic carboxylic acids is 1. The summed E-state index contributed by atoms with van der Waals surface area (Å²) in [6.07, 6.45) is 1.58. The molecule has 0 saturated heterocycles. The topological polar surface area (TPSA) is 50.2 Å². The first-order chi connectivity index (χ1) is 10.1.